The second-order valence-electron chi connectivity index (χ2n) is 13.2. The number of nitrogens with one attached hydrogen (secondary N) is 3. The van der Waals surface area contributed by atoms with E-state index < -0.39 is 11.6 Å². The zero-order valence-electron chi connectivity index (χ0n) is 24.0. The molecule has 3 N–H and O–H groups in total. The quantitative estimate of drug-likeness (QED) is 0.297. The zero-order chi connectivity index (χ0) is 28.0. The smallest absolute Gasteiger partial charge is 0.408 e. The Balaban J connectivity index is 1.06. The molecule has 4 bridgehead atoms. The predicted molar refractivity (Wildman–Crippen MR) is 161 cm³/mol. The average Bonchev–Trinajstić information content (AvgIpc) is 3.37. The van der Waals surface area contributed by atoms with Crippen LogP contribution in [-0.2, 0) is 22.4 Å². The summed E-state index contributed by atoms with van der Waals surface area (Å²) < 4.78 is 6.17. The number of alkyl carbamates (subject to hydrolysis) is 1. The number of hydrogen-bond donors (Lipinski definition) is 3. The van der Waals surface area contributed by atoms with Crippen LogP contribution in [0.1, 0.15) is 68.6 Å². The number of ether oxygens (including phenoxy) is 1. The van der Waals surface area contributed by atoms with E-state index in [1.54, 1.807) is 0 Å². The Morgan fingerprint density at radius 1 is 0.976 bits per heavy atom. The Hall–Kier alpha value is -3.54. The van der Waals surface area contributed by atoms with Gasteiger partial charge in [-0.3, -0.25) is 4.79 Å². The van der Waals surface area contributed by atoms with Gasteiger partial charge < -0.3 is 20.4 Å². The van der Waals surface area contributed by atoms with E-state index in [-0.39, 0.29) is 12.0 Å². The number of aryl methyl sites for hydroxylation is 1. The van der Waals surface area contributed by atoms with E-state index in [9.17, 15) is 9.59 Å². The van der Waals surface area contributed by atoms with E-state index in [0.29, 0.717) is 24.8 Å². The molecule has 6 heteroatoms. The van der Waals surface area contributed by atoms with Crippen LogP contribution in [0.4, 0.5) is 4.79 Å². The standard InChI is InChI=1S/C35H41N3O3/c1-35(20-28-21-37-31-12-5-4-11-30(28)31,33(39)36-14-13-25-9-6-8-24-7-2-3-10-29(24)25)38-34(40)41-32-26-16-22-15-23(18-26)19-27(32)17-22/h2-5,7,9-12,21-23,26-27,32,37H,6,8,13-20H2,1H3,(H,36,39)(H,38,40). The molecule has 2 aromatic carbocycles. The summed E-state index contributed by atoms with van der Waals surface area (Å²) in [4.78, 5) is 30.7. The molecule has 2 amide bonds. The van der Waals surface area contributed by atoms with Gasteiger partial charge in [-0.05, 0) is 110 Å². The first kappa shape index (κ1) is 26.4. The maximum Gasteiger partial charge on any atom is 0.408 e. The Kier molecular flexibility index (Phi) is 6.88. The van der Waals surface area contributed by atoms with Gasteiger partial charge >= 0.3 is 6.09 Å². The predicted octanol–water partition coefficient (Wildman–Crippen LogP) is 6.56. The van der Waals surface area contributed by atoms with E-state index in [0.717, 1.165) is 47.6 Å². The third kappa shape index (κ3) is 5.18. The zero-order valence-corrected chi connectivity index (χ0v) is 24.0. The third-order valence-electron chi connectivity index (χ3n) is 10.3. The van der Waals surface area contributed by atoms with Crippen molar-refractivity contribution < 1.29 is 14.3 Å². The molecule has 0 aliphatic heterocycles. The number of rotatable bonds is 8. The van der Waals surface area contributed by atoms with E-state index >= 15 is 0 Å². The number of hydrogen-bond acceptors (Lipinski definition) is 3. The number of aromatic amines is 1. The number of H-pyrrole nitrogens is 1. The molecule has 0 spiro atoms. The maximum atomic E-state index is 13.9. The van der Waals surface area contributed by atoms with Crippen molar-refractivity contribution >= 4 is 28.5 Å². The molecule has 8 rings (SSSR count). The van der Waals surface area contributed by atoms with Gasteiger partial charge in [0.25, 0.3) is 0 Å². The van der Waals surface area contributed by atoms with Crippen LogP contribution in [0.3, 0.4) is 0 Å². The second kappa shape index (κ2) is 10.7. The van der Waals surface area contributed by atoms with Gasteiger partial charge in [0.15, 0.2) is 0 Å². The number of benzene rings is 2. The average molecular weight is 552 g/mol. The van der Waals surface area contributed by atoms with Gasteiger partial charge in [0, 0.05) is 30.1 Å². The summed E-state index contributed by atoms with van der Waals surface area (Å²) in [5, 5.41) is 7.28. The van der Waals surface area contributed by atoms with Gasteiger partial charge in [-0.15, -0.1) is 0 Å². The van der Waals surface area contributed by atoms with Crippen LogP contribution in [0.5, 0.6) is 0 Å². The molecule has 3 aromatic rings. The van der Waals surface area contributed by atoms with Crippen molar-refractivity contribution in [2.24, 2.45) is 23.7 Å². The van der Waals surface area contributed by atoms with Crippen LogP contribution in [0.25, 0.3) is 16.5 Å². The fourth-order valence-corrected chi connectivity index (χ4v) is 8.59. The molecular weight excluding hydrogens is 510 g/mol. The van der Waals surface area contributed by atoms with E-state index in [4.69, 9.17) is 4.74 Å². The Bertz CT molecular complexity index is 1460. The van der Waals surface area contributed by atoms with Gasteiger partial charge in [-0.1, -0.05) is 48.5 Å². The van der Waals surface area contributed by atoms with Crippen LogP contribution < -0.4 is 10.6 Å². The summed E-state index contributed by atoms with van der Waals surface area (Å²) in [7, 11) is 0. The number of carbonyl (C=O) groups is 2. The van der Waals surface area contributed by atoms with Gasteiger partial charge in [0.1, 0.15) is 11.6 Å². The van der Waals surface area contributed by atoms with Crippen molar-refractivity contribution in [1.29, 1.82) is 0 Å². The summed E-state index contributed by atoms with van der Waals surface area (Å²) in [6, 6.07) is 16.6. The molecule has 6 nitrogen and oxygen atoms in total. The fourth-order valence-electron chi connectivity index (χ4n) is 8.59. The van der Waals surface area contributed by atoms with E-state index in [1.165, 1.54) is 48.8 Å². The van der Waals surface area contributed by atoms with Crippen LogP contribution in [0.2, 0.25) is 0 Å². The fraction of sp³-hybridized carbons (Fsp3) is 0.486. The van der Waals surface area contributed by atoms with Crippen molar-refractivity contribution in [3.05, 3.63) is 77.5 Å². The van der Waals surface area contributed by atoms with Crippen LogP contribution >= 0.6 is 0 Å². The number of carbonyl (C=O) groups excluding carboxylic acids is 2. The molecule has 214 valence electrons. The summed E-state index contributed by atoms with van der Waals surface area (Å²) in [5.74, 6) is 2.37. The highest BCUT2D eigenvalue weighted by Crippen LogP contribution is 2.54. The lowest BCUT2D eigenvalue weighted by Crippen LogP contribution is -2.59. The van der Waals surface area contributed by atoms with Gasteiger partial charge in [0.05, 0.1) is 0 Å². The normalized spacial score (nSPS) is 27.5. The maximum absolute atomic E-state index is 13.9. The molecule has 1 heterocycles. The summed E-state index contributed by atoms with van der Waals surface area (Å²) in [6.45, 7) is 2.34. The van der Waals surface area contributed by atoms with E-state index in [1.807, 2.05) is 31.3 Å². The van der Waals surface area contributed by atoms with Crippen molar-refractivity contribution in [3.63, 3.8) is 0 Å². The number of amides is 2. The molecule has 0 saturated heterocycles. The molecule has 0 radical (unpaired) electrons. The highest BCUT2D eigenvalue weighted by Gasteiger charge is 2.50. The second-order valence-corrected chi connectivity index (χ2v) is 13.2. The third-order valence-corrected chi connectivity index (χ3v) is 10.3. The Morgan fingerprint density at radius 2 is 1.71 bits per heavy atom. The number of allylic oxidation sites excluding steroid dienone is 1. The Labute approximate surface area is 242 Å². The first-order valence-electron chi connectivity index (χ1n) is 15.5. The molecule has 41 heavy (non-hydrogen) atoms. The minimum absolute atomic E-state index is 0.0264. The van der Waals surface area contributed by atoms with Crippen molar-refractivity contribution in [3.8, 4) is 0 Å². The molecule has 1 atom stereocenters. The molecule has 1 unspecified atom stereocenters. The topological polar surface area (TPSA) is 83.2 Å². The lowest BCUT2D eigenvalue weighted by molar-refractivity contribution is -0.127. The van der Waals surface area contributed by atoms with Gasteiger partial charge in [-0.2, -0.15) is 0 Å². The minimum Gasteiger partial charge on any atom is -0.446 e. The van der Waals surface area contributed by atoms with Crippen molar-refractivity contribution in [2.75, 3.05) is 6.54 Å². The summed E-state index contributed by atoms with van der Waals surface area (Å²) in [5.41, 5.74) is 4.79. The highest BCUT2D eigenvalue weighted by atomic mass is 16.6. The van der Waals surface area contributed by atoms with E-state index in [2.05, 4.69) is 52.0 Å². The molecule has 4 saturated carbocycles. The lowest BCUT2D eigenvalue weighted by atomic mass is 9.55. The van der Waals surface area contributed by atoms with Crippen molar-refractivity contribution in [1.82, 2.24) is 15.6 Å². The molecule has 4 fully saturated rings. The monoisotopic (exact) mass is 551 g/mol. The number of fused-ring (bicyclic) bond motifs is 2. The first-order valence-corrected chi connectivity index (χ1v) is 15.5. The largest absolute Gasteiger partial charge is 0.446 e. The lowest BCUT2D eigenvalue weighted by Gasteiger charge is -2.53. The van der Waals surface area contributed by atoms with Gasteiger partial charge in [-0.25, -0.2) is 4.79 Å². The molecular formula is C35H41N3O3. The van der Waals surface area contributed by atoms with Crippen LogP contribution in [-0.4, -0.2) is 35.2 Å². The van der Waals surface area contributed by atoms with Crippen LogP contribution in [0.15, 0.2) is 60.8 Å². The van der Waals surface area contributed by atoms with Crippen LogP contribution in [0, 0.1) is 23.7 Å². The molecule has 1 aromatic heterocycles. The minimum atomic E-state index is -1.16. The summed E-state index contributed by atoms with van der Waals surface area (Å²) >= 11 is 0. The Morgan fingerprint density at radius 3 is 2.51 bits per heavy atom. The summed E-state index contributed by atoms with van der Waals surface area (Å²) in [6.07, 6.45) is 13.0. The number of para-hydroxylation sites is 1. The van der Waals surface area contributed by atoms with Gasteiger partial charge in [0.2, 0.25) is 5.91 Å². The molecule has 5 aliphatic rings. The first-order chi connectivity index (χ1) is 19.9. The number of aromatic nitrogens is 1. The van der Waals surface area contributed by atoms with Crippen molar-refractivity contribution in [2.45, 2.75) is 76.4 Å². The highest BCUT2D eigenvalue weighted by molar-refractivity contribution is 5.91. The SMILES string of the molecule is CC(Cc1c[nH]c2ccccc12)(NC(=O)OC1C2CC3CC(C2)CC1C3)C(=O)NCCC1=CCCc2ccccc21. The molecule has 5 aliphatic carbocycles.